The molecule has 0 unspecified atom stereocenters. The lowest BCUT2D eigenvalue weighted by molar-refractivity contribution is -0.122. The predicted octanol–water partition coefficient (Wildman–Crippen LogP) is 4.25. The quantitative estimate of drug-likeness (QED) is 0.808. The summed E-state index contributed by atoms with van der Waals surface area (Å²) in [7, 11) is 0. The van der Waals surface area contributed by atoms with Crippen LogP contribution in [0.2, 0.25) is 5.02 Å². The summed E-state index contributed by atoms with van der Waals surface area (Å²) in [5.41, 5.74) is 0.884. The van der Waals surface area contributed by atoms with Gasteiger partial charge < -0.3 is 4.74 Å². The number of benzene rings is 1. The summed E-state index contributed by atoms with van der Waals surface area (Å²) in [4.78, 5) is 12.2. The minimum atomic E-state index is -0.641. The number of anilines is 1. The molecule has 0 radical (unpaired) electrons. The van der Waals surface area contributed by atoms with Crippen molar-refractivity contribution >= 4 is 34.0 Å². The molecule has 124 valence electrons. The molecule has 5 nitrogen and oxygen atoms in total. The van der Waals surface area contributed by atoms with Crippen molar-refractivity contribution in [2.24, 2.45) is 0 Å². The molecule has 1 N–H and O–H groups in total. The van der Waals surface area contributed by atoms with Gasteiger partial charge in [-0.05, 0) is 44.0 Å². The highest BCUT2D eigenvalue weighted by molar-refractivity contribution is 7.15. The van der Waals surface area contributed by atoms with Crippen molar-refractivity contribution in [3.05, 3.63) is 33.8 Å². The molecule has 0 spiro atoms. The minimum absolute atomic E-state index is 0.252. The van der Waals surface area contributed by atoms with E-state index in [0.717, 1.165) is 29.8 Å². The van der Waals surface area contributed by atoms with Crippen LogP contribution in [-0.4, -0.2) is 22.2 Å². The van der Waals surface area contributed by atoms with Crippen molar-refractivity contribution in [3.63, 3.8) is 0 Å². The fraction of sp³-hybridized carbons (Fsp3) is 0.438. The predicted molar refractivity (Wildman–Crippen MR) is 93.4 cm³/mol. The first-order valence-corrected chi connectivity index (χ1v) is 8.75. The highest BCUT2D eigenvalue weighted by Crippen LogP contribution is 2.23. The lowest BCUT2D eigenvalue weighted by Gasteiger charge is -2.15. The van der Waals surface area contributed by atoms with E-state index >= 15 is 0 Å². The molecule has 2 aromatic rings. The molecule has 1 aromatic carbocycles. The van der Waals surface area contributed by atoms with Gasteiger partial charge in [-0.1, -0.05) is 36.3 Å². The van der Waals surface area contributed by atoms with Gasteiger partial charge >= 0.3 is 0 Å². The second-order valence-electron chi connectivity index (χ2n) is 5.26. The number of ether oxygens (including phenoxy) is 1. The first-order valence-electron chi connectivity index (χ1n) is 7.55. The van der Waals surface area contributed by atoms with Gasteiger partial charge in [-0.2, -0.15) is 0 Å². The number of hydrogen-bond acceptors (Lipinski definition) is 5. The summed E-state index contributed by atoms with van der Waals surface area (Å²) in [5.74, 6) is 0.385. The SMILES string of the molecule is CCCCc1nnc(NC(=O)[C@H](C)Oc2ccc(Cl)cc2C)s1. The average molecular weight is 354 g/mol. The van der Waals surface area contributed by atoms with Crippen LogP contribution in [0.15, 0.2) is 18.2 Å². The normalized spacial score (nSPS) is 12.0. The third kappa shape index (κ3) is 5.18. The molecule has 1 heterocycles. The lowest BCUT2D eigenvalue weighted by Crippen LogP contribution is -2.30. The number of aromatic nitrogens is 2. The van der Waals surface area contributed by atoms with Crippen LogP contribution in [0, 0.1) is 6.92 Å². The van der Waals surface area contributed by atoms with E-state index in [1.165, 1.54) is 11.3 Å². The zero-order valence-electron chi connectivity index (χ0n) is 13.4. The average Bonchev–Trinajstić information content (AvgIpc) is 2.95. The molecular formula is C16H20ClN3O2S. The third-order valence-corrected chi connectivity index (χ3v) is 4.38. The monoisotopic (exact) mass is 353 g/mol. The fourth-order valence-corrected chi connectivity index (χ4v) is 2.94. The Balaban J connectivity index is 1.93. The van der Waals surface area contributed by atoms with E-state index in [1.807, 2.05) is 6.92 Å². The van der Waals surface area contributed by atoms with Gasteiger partial charge in [-0.25, -0.2) is 0 Å². The maximum Gasteiger partial charge on any atom is 0.266 e. The molecule has 1 atom stereocenters. The van der Waals surface area contributed by atoms with Gasteiger partial charge in [0.05, 0.1) is 0 Å². The van der Waals surface area contributed by atoms with Gasteiger partial charge in [0, 0.05) is 11.4 Å². The van der Waals surface area contributed by atoms with Crippen molar-refractivity contribution in [2.45, 2.75) is 46.1 Å². The van der Waals surface area contributed by atoms with Gasteiger partial charge in [-0.15, -0.1) is 10.2 Å². The smallest absolute Gasteiger partial charge is 0.266 e. The van der Waals surface area contributed by atoms with Crippen molar-refractivity contribution in [2.75, 3.05) is 5.32 Å². The Morgan fingerprint density at radius 2 is 2.22 bits per heavy atom. The largest absolute Gasteiger partial charge is 0.481 e. The molecule has 1 aromatic heterocycles. The standard InChI is InChI=1S/C16H20ClN3O2S/c1-4-5-6-14-19-20-16(23-14)18-15(21)11(3)22-13-8-7-12(17)9-10(13)2/h7-9,11H,4-6H2,1-3H3,(H,18,20,21)/t11-/m0/s1. The zero-order chi connectivity index (χ0) is 16.8. The minimum Gasteiger partial charge on any atom is -0.481 e. The molecule has 1 amide bonds. The van der Waals surface area contributed by atoms with Crippen LogP contribution in [-0.2, 0) is 11.2 Å². The summed E-state index contributed by atoms with van der Waals surface area (Å²) in [6, 6.07) is 5.29. The number of halogens is 1. The Bertz CT molecular complexity index is 675. The van der Waals surface area contributed by atoms with E-state index in [0.29, 0.717) is 15.9 Å². The number of nitrogens with zero attached hydrogens (tertiary/aromatic N) is 2. The van der Waals surface area contributed by atoms with Crippen molar-refractivity contribution in [1.29, 1.82) is 0 Å². The van der Waals surface area contributed by atoms with Crippen LogP contribution in [0.5, 0.6) is 5.75 Å². The maximum atomic E-state index is 12.2. The van der Waals surface area contributed by atoms with Gasteiger partial charge in [0.2, 0.25) is 5.13 Å². The van der Waals surface area contributed by atoms with E-state index in [2.05, 4.69) is 22.4 Å². The molecule has 2 rings (SSSR count). The second-order valence-corrected chi connectivity index (χ2v) is 6.76. The van der Waals surface area contributed by atoms with E-state index in [1.54, 1.807) is 25.1 Å². The Hall–Kier alpha value is -1.66. The number of nitrogens with one attached hydrogen (secondary N) is 1. The summed E-state index contributed by atoms with van der Waals surface area (Å²) in [5, 5.41) is 12.9. The second kappa shape index (κ2) is 8.26. The van der Waals surface area contributed by atoms with Crippen LogP contribution in [0.25, 0.3) is 0 Å². The number of rotatable bonds is 7. The summed E-state index contributed by atoms with van der Waals surface area (Å²) in [6.07, 6.45) is 2.42. The van der Waals surface area contributed by atoms with E-state index in [4.69, 9.17) is 16.3 Å². The Kier molecular flexibility index (Phi) is 6.36. The molecule has 0 aliphatic carbocycles. The molecule has 0 bridgehead atoms. The van der Waals surface area contributed by atoms with Crippen LogP contribution >= 0.6 is 22.9 Å². The first kappa shape index (κ1) is 17.7. The molecule has 23 heavy (non-hydrogen) atoms. The van der Waals surface area contributed by atoms with Gasteiger partial charge in [-0.3, -0.25) is 10.1 Å². The van der Waals surface area contributed by atoms with Crippen molar-refractivity contribution in [1.82, 2.24) is 10.2 Å². The van der Waals surface area contributed by atoms with Crippen LogP contribution < -0.4 is 10.1 Å². The van der Waals surface area contributed by atoms with Crippen molar-refractivity contribution < 1.29 is 9.53 Å². The van der Waals surface area contributed by atoms with Crippen LogP contribution in [0.1, 0.15) is 37.3 Å². The number of hydrogen-bond donors (Lipinski definition) is 1. The lowest BCUT2D eigenvalue weighted by atomic mass is 10.2. The molecule has 0 saturated heterocycles. The number of unbranched alkanes of at least 4 members (excludes halogenated alkanes) is 1. The van der Waals surface area contributed by atoms with E-state index in [-0.39, 0.29) is 5.91 Å². The summed E-state index contributed by atoms with van der Waals surface area (Å²) < 4.78 is 5.69. The molecule has 0 aliphatic heterocycles. The van der Waals surface area contributed by atoms with E-state index < -0.39 is 6.10 Å². The van der Waals surface area contributed by atoms with Gasteiger partial charge in [0.1, 0.15) is 10.8 Å². The molecule has 0 saturated carbocycles. The highest BCUT2D eigenvalue weighted by atomic mass is 35.5. The number of amides is 1. The van der Waals surface area contributed by atoms with Crippen LogP contribution in [0.3, 0.4) is 0 Å². The molecule has 7 heteroatoms. The zero-order valence-corrected chi connectivity index (χ0v) is 15.0. The maximum absolute atomic E-state index is 12.2. The summed E-state index contributed by atoms with van der Waals surface area (Å²) in [6.45, 7) is 5.71. The Morgan fingerprint density at radius 3 is 2.91 bits per heavy atom. The van der Waals surface area contributed by atoms with Gasteiger partial charge in [0.15, 0.2) is 6.10 Å². The van der Waals surface area contributed by atoms with Crippen molar-refractivity contribution in [3.8, 4) is 5.75 Å². The molecular weight excluding hydrogens is 334 g/mol. The topological polar surface area (TPSA) is 64.1 Å². The molecule has 0 fully saturated rings. The number of aryl methyl sites for hydroxylation is 2. The van der Waals surface area contributed by atoms with E-state index in [9.17, 15) is 4.79 Å². The first-order chi connectivity index (χ1) is 11.0. The number of carbonyl (C=O) groups excluding carboxylic acids is 1. The number of carbonyl (C=O) groups is 1. The Morgan fingerprint density at radius 1 is 1.43 bits per heavy atom. The summed E-state index contributed by atoms with van der Waals surface area (Å²) >= 11 is 7.32. The Labute approximate surface area is 145 Å². The molecule has 0 aliphatic rings. The van der Waals surface area contributed by atoms with Gasteiger partial charge in [0.25, 0.3) is 5.91 Å². The fourth-order valence-electron chi connectivity index (χ4n) is 1.93. The van der Waals surface area contributed by atoms with Crippen LogP contribution in [0.4, 0.5) is 5.13 Å². The third-order valence-electron chi connectivity index (χ3n) is 3.25. The highest BCUT2D eigenvalue weighted by Gasteiger charge is 2.17.